The highest BCUT2D eigenvalue weighted by molar-refractivity contribution is 7.85. The molecule has 4 N–H and O–H groups in total. The van der Waals surface area contributed by atoms with Crippen molar-refractivity contribution in [2.75, 3.05) is 32.1 Å². The lowest BCUT2D eigenvalue weighted by atomic mass is 9.98. The van der Waals surface area contributed by atoms with Crippen LogP contribution in [0.15, 0.2) is 0 Å². The second kappa shape index (κ2) is 13.5. The van der Waals surface area contributed by atoms with Crippen LogP contribution in [-0.4, -0.2) is 104 Å². The summed E-state index contributed by atoms with van der Waals surface area (Å²) in [5, 5.41) is 22.0. The van der Waals surface area contributed by atoms with Crippen molar-refractivity contribution >= 4 is 28.1 Å². The fourth-order valence-corrected chi connectivity index (χ4v) is 3.25. The molecule has 32 heavy (non-hydrogen) atoms. The first kappa shape index (κ1) is 28.0. The van der Waals surface area contributed by atoms with Crippen molar-refractivity contribution in [3.05, 3.63) is 0 Å². The summed E-state index contributed by atoms with van der Waals surface area (Å²) < 4.78 is 55.6. The number of rotatable bonds is 12. The molecular formula is C17H29NO13S. The maximum atomic E-state index is 11.5. The van der Waals surface area contributed by atoms with Gasteiger partial charge in [0, 0.05) is 26.8 Å². The first-order valence-electron chi connectivity index (χ1n) is 9.70. The van der Waals surface area contributed by atoms with Gasteiger partial charge in [0.15, 0.2) is 18.5 Å². The Morgan fingerprint density at radius 3 is 2.22 bits per heavy atom. The van der Waals surface area contributed by atoms with Crippen molar-refractivity contribution < 1.29 is 61.3 Å². The normalized spacial score (nSPS) is 25.6. The van der Waals surface area contributed by atoms with Crippen LogP contribution in [0.25, 0.3) is 0 Å². The molecule has 1 aliphatic heterocycles. The van der Waals surface area contributed by atoms with Gasteiger partial charge in [-0.25, -0.2) is 4.79 Å². The largest absolute Gasteiger partial charge is 0.455 e. The van der Waals surface area contributed by atoms with E-state index in [9.17, 15) is 33.0 Å². The molecule has 14 nitrogen and oxygen atoms in total. The zero-order chi connectivity index (χ0) is 24.3. The van der Waals surface area contributed by atoms with Gasteiger partial charge in [0.25, 0.3) is 10.1 Å². The molecule has 0 aromatic heterocycles. The third-order valence-electron chi connectivity index (χ3n) is 4.05. The highest BCUT2D eigenvalue weighted by Crippen LogP contribution is 2.27. The van der Waals surface area contributed by atoms with E-state index in [1.165, 1.54) is 0 Å². The van der Waals surface area contributed by atoms with Gasteiger partial charge < -0.3 is 39.2 Å². The second-order valence-corrected chi connectivity index (χ2v) is 8.36. The van der Waals surface area contributed by atoms with Crippen LogP contribution in [0.5, 0.6) is 0 Å². The molecule has 0 unspecified atom stereocenters. The number of alkyl carbamates (subject to hydrolysis) is 1. The maximum absolute atomic E-state index is 11.5. The van der Waals surface area contributed by atoms with Gasteiger partial charge >= 0.3 is 18.0 Å². The van der Waals surface area contributed by atoms with Crippen LogP contribution < -0.4 is 5.32 Å². The summed E-state index contributed by atoms with van der Waals surface area (Å²) >= 11 is 0. The number of aliphatic hydroxyl groups is 2. The molecule has 1 saturated heterocycles. The molecule has 0 spiro atoms. The Bertz CT molecular complexity index is 728. The highest BCUT2D eigenvalue weighted by atomic mass is 32.2. The number of nitrogens with one attached hydrogen (secondary N) is 1. The van der Waals surface area contributed by atoms with Crippen LogP contribution in [0.3, 0.4) is 0 Å². The molecule has 0 aliphatic carbocycles. The van der Waals surface area contributed by atoms with Crippen LogP contribution in [0.2, 0.25) is 0 Å². The van der Waals surface area contributed by atoms with E-state index in [4.69, 9.17) is 28.2 Å². The average molecular weight is 487 g/mol. The molecule has 1 fully saturated rings. The van der Waals surface area contributed by atoms with Crippen LogP contribution in [-0.2, 0) is 43.4 Å². The van der Waals surface area contributed by atoms with Gasteiger partial charge in [-0.05, 0) is 6.42 Å². The predicted octanol–water partition coefficient (Wildman–Crippen LogP) is -1.66. The zero-order valence-electron chi connectivity index (χ0n) is 17.7. The maximum Gasteiger partial charge on any atom is 0.407 e. The number of esters is 2. The highest BCUT2D eigenvalue weighted by Gasteiger charge is 2.49. The molecule has 1 heterocycles. The zero-order valence-corrected chi connectivity index (χ0v) is 18.5. The number of carbonyl (C=O) groups is 3. The van der Waals surface area contributed by atoms with Crippen molar-refractivity contribution in [3.8, 4) is 0 Å². The van der Waals surface area contributed by atoms with Gasteiger partial charge in [-0.2, -0.15) is 8.42 Å². The van der Waals surface area contributed by atoms with Crippen LogP contribution in [0, 0.1) is 0 Å². The summed E-state index contributed by atoms with van der Waals surface area (Å²) in [5.41, 5.74) is 0. The number of carbonyl (C=O) groups excluding carboxylic acids is 3. The Morgan fingerprint density at radius 2 is 1.66 bits per heavy atom. The molecule has 186 valence electrons. The van der Waals surface area contributed by atoms with E-state index in [1.807, 2.05) is 0 Å². The van der Waals surface area contributed by atoms with E-state index in [-0.39, 0.29) is 32.6 Å². The molecule has 1 amide bonds. The Hall–Kier alpha value is -2.04. The molecule has 15 heteroatoms. The SMILES string of the molecule is CC(=O)O[C@H]1[C@H](OCCCOC(=O)NCCCS(=O)(=O)O)O[C@H](CO)[C@@H](O)[C@@H]1OC(C)=O. The van der Waals surface area contributed by atoms with E-state index in [0.29, 0.717) is 0 Å². The fraction of sp³-hybridized carbons (Fsp3) is 0.824. The second-order valence-electron chi connectivity index (χ2n) is 6.79. The number of amides is 1. The summed E-state index contributed by atoms with van der Waals surface area (Å²) in [5.74, 6) is -1.99. The summed E-state index contributed by atoms with van der Waals surface area (Å²) in [6, 6.07) is 0. The third kappa shape index (κ3) is 10.5. The van der Waals surface area contributed by atoms with Gasteiger partial charge in [-0.15, -0.1) is 0 Å². The number of hydrogen-bond acceptors (Lipinski definition) is 12. The van der Waals surface area contributed by atoms with Crippen molar-refractivity contribution in [3.63, 3.8) is 0 Å². The minimum atomic E-state index is -4.10. The van der Waals surface area contributed by atoms with Crippen LogP contribution in [0.4, 0.5) is 4.79 Å². The first-order valence-corrected chi connectivity index (χ1v) is 11.3. The molecule has 0 aromatic carbocycles. The molecule has 1 rings (SSSR count). The Kier molecular flexibility index (Phi) is 11.8. The minimum absolute atomic E-state index is 0.00890. The first-order chi connectivity index (χ1) is 14.9. The third-order valence-corrected chi connectivity index (χ3v) is 4.86. The average Bonchev–Trinajstić information content (AvgIpc) is 2.68. The minimum Gasteiger partial charge on any atom is -0.455 e. The number of aliphatic hydroxyl groups excluding tert-OH is 2. The van der Waals surface area contributed by atoms with E-state index >= 15 is 0 Å². The van der Waals surface area contributed by atoms with Gasteiger partial charge in [0.2, 0.25) is 0 Å². The molecule has 0 aromatic rings. The Morgan fingerprint density at radius 1 is 1.03 bits per heavy atom. The molecule has 1 aliphatic rings. The standard InChI is InChI=1S/C17H29NO13S/c1-10(20)29-14-13(22)12(9-19)31-16(15(14)30-11(2)21)27-6-4-7-28-17(23)18-5-3-8-32(24,25)26/h12-16,19,22H,3-9H2,1-2H3,(H,18,23)(H,24,25,26)/t12-,13-,14+,15-,16-/m1/s1. The Labute approximate surface area is 184 Å². The van der Waals surface area contributed by atoms with Crippen molar-refractivity contribution in [2.45, 2.75) is 57.4 Å². The molecule has 5 atom stereocenters. The van der Waals surface area contributed by atoms with Crippen molar-refractivity contribution in [1.29, 1.82) is 0 Å². The van der Waals surface area contributed by atoms with Gasteiger partial charge in [-0.3, -0.25) is 14.1 Å². The lowest BCUT2D eigenvalue weighted by molar-refractivity contribution is -0.306. The summed E-state index contributed by atoms with van der Waals surface area (Å²) in [6.45, 7) is 1.43. The van der Waals surface area contributed by atoms with Gasteiger partial charge in [-0.1, -0.05) is 0 Å². The molecule has 0 radical (unpaired) electrons. The number of ether oxygens (including phenoxy) is 5. The topological polar surface area (TPSA) is 204 Å². The van der Waals surface area contributed by atoms with E-state index < -0.39 is 71.2 Å². The fourth-order valence-electron chi connectivity index (χ4n) is 2.74. The van der Waals surface area contributed by atoms with E-state index in [0.717, 1.165) is 13.8 Å². The van der Waals surface area contributed by atoms with E-state index in [2.05, 4.69) is 5.32 Å². The van der Waals surface area contributed by atoms with Crippen LogP contribution in [0.1, 0.15) is 26.7 Å². The quantitative estimate of drug-likeness (QED) is 0.105. The molecule has 0 bridgehead atoms. The summed E-state index contributed by atoms with van der Waals surface area (Å²) in [7, 11) is -4.10. The molecular weight excluding hydrogens is 458 g/mol. The number of hydrogen-bond donors (Lipinski definition) is 4. The van der Waals surface area contributed by atoms with Crippen molar-refractivity contribution in [1.82, 2.24) is 5.32 Å². The lowest BCUT2D eigenvalue weighted by Crippen LogP contribution is -2.61. The van der Waals surface area contributed by atoms with Crippen LogP contribution >= 0.6 is 0 Å². The van der Waals surface area contributed by atoms with Crippen molar-refractivity contribution in [2.24, 2.45) is 0 Å². The van der Waals surface area contributed by atoms with Gasteiger partial charge in [0.05, 0.1) is 25.6 Å². The summed E-state index contributed by atoms with van der Waals surface area (Å²) in [6.07, 6.45) is -7.17. The van der Waals surface area contributed by atoms with E-state index in [1.54, 1.807) is 0 Å². The predicted molar refractivity (Wildman–Crippen MR) is 104 cm³/mol. The molecule has 0 saturated carbocycles. The smallest absolute Gasteiger partial charge is 0.407 e. The van der Waals surface area contributed by atoms with Gasteiger partial charge in [0.1, 0.15) is 12.2 Å². The monoisotopic (exact) mass is 487 g/mol. The lowest BCUT2D eigenvalue weighted by Gasteiger charge is -2.42. The Balaban J connectivity index is 2.51. The summed E-state index contributed by atoms with van der Waals surface area (Å²) in [4.78, 5) is 34.3.